The lowest BCUT2D eigenvalue weighted by Crippen LogP contribution is -2.38. The molecule has 1 aromatic heterocycles. The molecule has 2 heterocycles. The molecule has 1 fully saturated rings. The number of carbonyl (C=O) groups excluding carboxylic acids is 1. The number of benzene rings is 1. The van der Waals surface area contributed by atoms with Crippen LogP contribution in [0.5, 0.6) is 11.6 Å². The summed E-state index contributed by atoms with van der Waals surface area (Å²) in [5.74, 6) is 2.25. The molecule has 1 aliphatic heterocycles. The van der Waals surface area contributed by atoms with Crippen LogP contribution in [0.15, 0.2) is 30.3 Å². The molecule has 0 saturated carbocycles. The number of amides is 1. The Bertz CT molecular complexity index is 830. The standard InChI is InChI=1S/C20H25ClN4O4/c1-14(29-17-5-3-4-16(21)12-17)20(26)22-6-9-28-19-13-18(23-15(2)24-19)25-7-10-27-11-8-25/h3-5,12-14H,6-11H2,1-2H3,(H,22,26). The summed E-state index contributed by atoms with van der Waals surface area (Å²) in [4.78, 5) is 23.1. The Kier molecular flexibility index (Phi) is 7.48. The summed E-state index contributed by atoms with van der Waals surface area (Å²) in [6.45, 7) is 7.06. The number of carbonyl (C=O) groups is 1. The predicted octanol–water partition coefficient (Wildman–Crippen LogP) is 2.24. The molecule has 1 aromatic carbocycles. The lowest BCUT2D eigenvalue weighted by atomic mass is 10.3. The van der Waals surface area contributed by atoms with Gasteiger partial charge in [0, 0.05) is 24.2 Å². The van der Waals surface area contributed by atoms with Crippen molar-refractivity contribution in [2.75, 3.05) is 44.4 Å². The number of hydrogen-bond acceptors (Lipinski definition) is 7. The molecule has 9 heteroatoms. The SMILES string of the molecule is Cc1nc(OCCNC(=O)C(C)Oc2cccc(Cl)c2)cc(N2CCOCC2)n1. The molecule has 3 rings (SSSR count). The van der Waals surface area contributed by atoms with Crippen LogP contribution in [0.4, 0.5) is 5.82 Å². The first-order valence-corrected chi connectivity index (χ1v) is 9.90. The van der Waals surface area contributed by atoms with Crippen LogP contribution in [0, 0.1) is 6.92 Å². The average molecular weight is 421 g/mol. The maximum absolute atomic E-state index is 12.2. The van der Waals surface area contributed by atoms with Crippen LogP contribution in [0.2, 0.25) is 5.02 Å². The third-order valence-electron chi connectivity index (χ3n) is 4.27. The zero-order chi connectivity index (χ0) is 20.6. The highest BCUT2D eigenvalue weighted by atomic mass is 35.5. The highest BCUT2D eigenvalue weighted by Crippen LogP contribution is 2.19. The molecular formula is C20H25ClN4O4. The second-order valence-corrected chi connectivity index (χ2v) is 7.00. The molecule has 0 radical (unpaired) electrons. The Morgan fingerprint density at radius 3 is 2.86 bits per heavy atom. The molecule has 29 heavy (non-hydrogen) atoms. The van der Waals surface area contributed by atoms with E-state index in [0.717, 1.165) is 18.9 Å². The number of hydrogen-bond donors (Lipinski definition) is 1. The molecule has 0 bridgehead atoms. The minimum absolute atomic E-state index is 0.235. The number of anilines is 1. The molecule has 2 aromatic rings. The first kappa shape index (κ1) is 21.1. The van der Waals surface area contributed by atoms with E-state index in [1.54, 1.807) is 31.2 Å². The van der Waals surface area contributed by atoms with Crippen molar-refractivity contribution in [1.29, 1.82) is 0 Å². The summed E-state index contributed by atoms with van der Waals surface area (Å²) in [5, 5.41) is 3.34. The van der Waals surface area contributed by atoms with E-state index >= 15 is 0 Å². The van der Waals surface area contributed by atoms with Gasteiger partial charge in [-0.25, -0.2) is 4.98 Å². The maximum Gasteiger partial charge on any atom is 0.260 e. The molecule has 8 nitrogen and oxygen atoms in total. The van der Waals surface area contributed by atoms with Crippen LogP contribution in [0.3, 0.4) is 0 Å². The second-order valence-electron chi connectivity index (χ2n) is 6.57. The van der Waals surface area contributed by atoms with Gasteiger partial charge in [0.2, 0.25) is 5.88 Å². The van der Waals surface area contributed by atoms with Gasteiger partial charge in [-0.15, -0.1) is 0 Å². The number of halogens is 1. The van der Waals surface area contributed by atoms with Crippen LogP contribution >= 0.6 is 11.6 Å². The van der Waals surface area contributed by atoms with Crippen molar-refractivity contribution in [1.82, 2.24) is 15.3 Å². The molecule has 1 N–H and O–H groups in total. The van der Waals surface area contributed by atoms with Gasteiger partial charge in [0.1, 0.15) is 24.0 Å². The molecular weight excluding hydrogens is 396 g/mol. The molecule has 1 atom stereocenters. The quantitative estimate of drug-likeness (QED) is 0.655. The van der Waals surface area contributed by atoms with E-state index in [-0.39, 0.29) is 12.5 Å². The zero-order valence-corrected chi connectivity index (χ0v) is 17.3. The van der Waals surface area contributed by atoms with E-state index in [2.05, 4.69) is 20.2 Å². The van der Waals surface area contributed by atoms with Crippen molar-refractivity contribution in [2.45, 2.75) is 20.0 Å². The van der Waals surface area contributed by atoms with Gasteiger partial charge in [-0.3, -0.25) is 4.79 Å². The van der Waals surface area contributed by atoms with Gasteiger partial charge in [0.15, 0.2) is 6.10 Å². The Labute approximate surface area is 175 Å². The molecule has 1 aliphatic rings. The number of morpholine rings is 1. The van der Waals surface area contributed by atoms with Gasteiger partial charge in [-0.05, 0) is 32.0 Å². The van der Waals surface area contributed by atoms with Crippen LogP contribution in [0.1, 0.15) is 12.7 Å². The predicted molar refractivity (Wildman–Crippen MR) is 110 cm³/mol. The Morgan fingerprint density at radius 2 is 2.10 bits per heavy atom. The van der Waals surface area contributed by atoms with E-state index < -0.39 is 6.10 Å². The Morgan fingerprint density at radius 1 is 1.31 bits per heavy atom. The van der Waals surface area contributed by atoms with Gasteiger partial charge < -0.3 is 24.4 Å². The minimum Gasteiger partial charge on any atom is -0.481 e. The summed E-state index contributed by atoms with van der Waals surface area (Å²) in [5.41, 5.74) is 0. The molecule has 0 spiro atoms. The molecule has 1 saturated heterocycles. The minimum atomic E-state index is -0.650. The van der Waals surface area contributed by atoms with Crippen molar-refractivity contribution in [3.63, 3.8) is 0 Å². The highest BCUT2D eigenvalue weighted by Gasteiger charge is 2.16. The van der Waals surface area contributed by atoms with Gasteiger partial charge in [-0.1, -0.05) is 17.7 Å². The fourth-order valence-electron chi connectivity index (χ4n) is 2.83. The maximum atomic E-state index is 12.2. The summed E-state index contributed by atoms with van der Waals surface area (Å²) in [6, 6.07) is 8.74. The summed E-state index contributed by atoms with van der Waals surface area (Å²) in [7, 11) is 0. The number of rotatable bonds is 8. The number of aryl methyl sites for hydroxylation is 1. The monoisotopic (exact) mass is 420 g/mol. The van der Waals surface area contributed by atoms with Crippen molar-refractivity contribution >= 4 is 23.3 Å². The summed E-state index contributed by atoms with van der Waals surface area (Å²) >= 11 is 5.92. The van der Waals surface area contributed by atoms with Crippen molar-refractivity contribution in [3.05, 3.63) is 41.2 Å². The van der Waals surface area contributed by atoms with Crippen LogP contribution in [-0.2, 0) is 9.53 Å². The first-order valence-electron chi connectivity index (χ1n) is 9.52. The molecule has 1 amide bonds. The van der Waals surface area contributed by atoms with E-state index in [9.17, 15) is 4.79 Å². The lowest BCUT2D eigenvalue weighted by molar-refractivity contribution is -0.127. The number of nitrogens with zero attached hydrogens (tertiary/aromatic N) is 3. The van der Waals surface area contributed by atoms with E-state index in [0.29, 0.717) is 42.2 Å². The van der Waals surface area contributed by atoms with Crippen LogP contribution in [-0.4, -0.2) is 61.4 Å². The molecule has 156 valence electrons. The summed E-state index contributed by atoms with van der Waals surface area (Å²) < 4.78 is 16.7. The first-order chi connectivity index (χ1) is 14.0. The normalized spacial score (nSPS) is 14.9. The van der Waals surface area contributed by atoms with Crippen molar-refractivity contribution in [3.8, 4) is 11.6 Å². The Balaban J connectivity index is 1.44. The van der Waals surface area contributed by atoms with Crippen LogP contribution in [0.25, 0.3) is 0 Å². The van der Waals surface area contributed by atoms with E-state index in [1.807, 2.05) is 13.0 Å². The van der Waals surface area contributed by atoms with Crippen LogP contribution < -0.4 is 19.7 Å². The van der Waals surface area contributed by atoms with Crippen molar-refractivity contribution in [2.24, 2.45) is 0 Å². The highest BCUT2D eigenvalue weighted by molar-refractivity contribution is 6.30. The number of aromatic nitrogens is 2. The van der Waals surface area contributed by atoms with Gasteiger partial charge >= 0.3 is 0 Å². The third-order valence-corrected chi connectivity index (χ3v) is 4.50. The largest absolute Gasteiger partial charge is 0.481 e. The zero-order valence-electron chi connectivity index (χ0n) is 16.6. The molecule has 0 aliphatic carbocycles. The third kappa shape index (κ3) is 6.47. The second kappa shape index (κ2) is 10.3. The van der Waals surface area contributed by atoms with Gasteiger partial charge in [0.25, 0.3) is 5.91 Å². The van der Waals surface area contributed by atoms with Gasteiger partial charge in [-0.2, -0.15) is 4.98 Å². The smallest absolute Gasteiger partial charge is 0.260 e. The topological polar surface area (TPSA) is 85.8 Å². The summed E-state index contributed by atoms with van der Waals surface area (Å²) in [6.07, 6.45) is -0.650. The van der Waals surface area contributed by atoms with Crippen molar-refractivity contribution < 1.29 is 19.0 Å². The van der Waals surface area contributed by atoms with Gasteiger partial charge in [0.05, 0.1) is 19.8 Å². The fraction of sp³-hybridized carbons (Fsp3) is 0.450. The lowest BCUT2D eigenvalue weighted by Gasteiger charge is -2.28. The fourth-order valence-corrected chi connectivity index (χ4v) is 3.01. The van der Waals surface area contributed by atoms with E-state index in [4.69, 9.17) is 25.8 Å². The average Bonchev–Trinajstić information content (AvgIpc) is 2.71. The number of ether oxygens (including phenoxy) is 3. The molecule has 1 unspecified atom stereocenters. The van der Waals surface area contributed by atoms with E-state index in [1.165, 1.54) is 0 Å². The number of nitrogens with one attached hydrogen (secondary N) is 1. The Hall–Kier alpha value is -2.58.